The summed E-state index contributed by atoms with van der Waals surface area (Å²) in [4.78, 5) is 38.7. The van der Waals surface area contributed by atoms with Crippen molar-refractivity contribution in [3.05, 3.63) is 63.5 Å². The van der Waals surface area contributed by atoms with Gasteiger partial charge in [-0.1, -0.05) is 37.3 Å². The number of nitrogens with one attached hydrogen (secondary N) is 1. The Bertz CT molecular complexity index is 1010. The molecule has 1 saturated heterocycles. The van der Waals surface area contributed by atoms with Gasteiger partial charge in [0.2, 0.25) is 5.91 Å². The van der Waals surface area contributed by atoms with Crippen LogP contribution in [0.3, 0.4) is 0 Å². The molecule has 1 heterocycles. The molecule has 1 N–H and O–H groups in total. The molecule has 3 rings (SSSR count). The summed E-state index contributed by atoms with van der Waals surface area (Å²) in [6.07, 6.45) is 2.50. The molecule has 0 unspecified atom stereocenters. The molecule has 0 aromatic heterocycles. The van der Waals surface area contributed by atoms with E-state index in [4.69, 9.17) is 4.74 Å². The van der Waals surface area contributed by atoms with Gasteiger partial charge in [-0.25, -0.2) is 0 Å². The van der Waals surface area contributed by atoms with Gasteiger partial charge in [-0.05, 0) is 65.3 Å². The molecule has 6 nitrogen and oxygen atoms in total. The van der Waals surface area contributed by atoms with Gasteiger partial charge in [0.25, 0.3) is 11.1 Å². The summed E-state index contributed by atoms with van der Waals surface area (Å²) in [5.41, 5.74) is 1.28. The van der Waals surface area contributed by atoms with E-state index in [1.807, 2.05) is 44.2 Å². The molecule has 0 radical (unpaired) electrons. The molecule has 1 aliphatic heterocycles. The van der Waals surface area contributed by atoms with Crippen LogP contribution in [0.2, 0.25) is 0 Å². The van der Waals surface area contributed by atoms with Crippen LogP contribution in [0.15, 0.2) is 57.9 Å². The number of hydrogen-bond donors (Lipinski definition) is 1. The first kappa shape index (κ1) is 22.1. The molecule has 1 atom stereocenters. The number of nitrogens with zero attached hydrogens (tertiary/aromatic N) is 1. The molecule has 0 bridgehead atoms. The van der Waals surface area contributed by atoms with Crippen LogP contribution in [0.5, 0.6) is 5.75 Å². The smallest absolute Gasteiger partial charge is 0.294 e. The van der Waals surface area contributed by atoms with Crippen LogP contribution in [-0.4, -0.2) is 34.6 Å². The third kappa shape index (κ3) is 5.31. The van der Waals surface area contributed by atoms with Crippen molar-refractivity contribution in [3.8, 4) is 5.75 Å². The molecule has 156 valence electrons. The van der Waals surface area contributed by atoms with Gasteiger partial charge in [0.1, 0.15) is 12.3 Å². The van der Waals surface area contributed by atoms with E-state index in [1.54, 1.807) is 24.3 Å². The number of hydrogen-bond acceptors (Lipinski definition) is 5. The third-order valence-electron chi connectivity index (χ3n) is 4.43. The summed E-state index contributed by atoms with van der Waals surface area (Å²) in [7, 11) is 0. The van der Waals surface area contributed by atoms with Crippen molar-refractivity contribution < 1.29 is 19.1 Å². The van der Waals surface area contributed by atoms with E-state index in [1.165, 1.54) is 0 Å². The van der Waals surface area contributed by atoms with Crippen molar-refractivity contribution in [2.45, 2.75) is 26.4 Å². The first-order valence-electron chi connectivity index (χ1n) is 9.44. The summed E-state index contributed by atoms with van der Waals surface area (Å²) >= 11 is 4.16. The molecule has 0 spiro atoms. The van der Waals surface area contributed by atoms with Gasteiger partial charge < -0.3 is 10.1 Å². The van der Waals surface area contributed by atoms with Crippen molar-refractivity contribution in [1.29, 1.82) is 0 Å². The average Bonchev–Trinajstić information content (AvgIpc) is 2.98. The number of rotatable bonds is 7. The molecule has 8 heteroatoms. The van der Waals surface area contributed by atoms with Gasteiger partial charge in [-0.2, -0.15) is 0 Å². The Hall–Kier alpha value is -2.58. The number of anilines is 1. The zero-order valence-electron chi connectivity index (χ0n) is 16.6. The Labute approximate surface area is 187 Å². The van der Waals surface area contributed by atoms with E-state index in [0.717, 1.165) is 23.1 Å². The summed E-state index contributed by atoms with van der Waals surface area (Å²) in [6.45, 7) is 3.64. The number of para-hydroxylation sites is 2. The lowest BCUT2D eigenvalue weighted by atomic mass is 10.1. The fraction of sp³-hybridized carbons (Fsp3) is 0.227. The SMILES string of the molecule is CC[C@@H](C)Oc1ccccc1/C=C1/SC(=O)N(CC(=O)Nc2ccccc2Br)C1=O. The summed E-state index contributed by atoms with van der Waals surface area (Å²) < 4.78 is 6.62. The number of carbonyl (C=O) groups excluding carboxylic acids is 3. The highest BCUT2D eigenvalue weighted by Gasteiger charge is 2.36. The van der Waals surface area contributed by atoms with Crippen molar-refractivity contribution in [1.82, 2.24) is 4.90 Å². The molecule has 2 aromatic rings. The zero-order valence-corrected chi connectivity index (χ0v) is 19.0. The van der Waals surface area contributed by atoms with Crippen LogP contribution in [0.25, 0.3) is 6.08 Å². The van der Waals surface area contributed by atoms with Gasteiger partial charge in [0.15, 0.2) is 0 Å². The second-order valence-electron chi connectivity index (χ2n) is 6.67. The van der Waals surface area contributed by atoms with E-state index in [2.05, 4.69) is 21.2 Å². The van der Waals surface area contributed by atoms with Crippen molar-refractivity contribution in [2.75, 3.05) is 11.9 Å². The van der Waals surface area contributed by atoms with Gasteiger partial charge in [-0.3, -0.25) is 19.3 Å². The van der Waals surface area contributed by atoms with Gasteiger partial charge in [-0.15, -0.1) is 0 Å². The summed E-state index contributed by atoms with van der Waals surface area (Å²) in [5, 5.41) is 2.22. The molecule has 1 fully saturated rings. The normalized spacial score (nSPS) is 16.1. The quantitative estimate of drug-likeness (QED) is 0.535. The molecular weight excluding hydrogens is 468 g/mol. The van der Waals surface area contributed by atoms with Crippen molar-refractivity contribution in [3.63, 3.8) is 0 Å². The fourth-order valence-electron chi connectivity index (χ4n) is 2.68. The van der Waals surface area contributed by atoms with Gasteiger partial charge in [0.05, 0.1) is 16.7 Å². The van der Waals surface area contributed by atoms with Crippen LogP contribution in [-0.2, 0) is 9.59 Å². The minimum Gasteiger partial charge on any atom is -0.490 e. The lowest BCUT2D eigenvalue weighted by Gasteiger charge is -2.15. The van der Waals surface area contributed by atoms with E-state index < -0.39 is 17.1 Å². The van der Waals surface area contributed by atoms with Crippen LogP contribution in [0, 0.1) is 0 Å². The van der Waals surface area contributed by atoms with Crippen LogP contribution in [0.1, 0.15) is 25.8 Å². The van der Waals surface area contributed by atoms with Gasteiger partial charge in [0, 0.05) is 10.0 Å². The minimum atomic E-state index is -0.495. The highest BCUT2D eigenvalue weighted by molar-refractivity contribution is 9.10. The number of imide groups is 1. The Morgan fingerprint density at radius 2 is 1.90 bits per heavy atom. The van der Waals surface area contributed by atoms with Crippen LogP contribution < -0.4 is 10.1 Å². The number of benzene rings is 2. The van der Waals surface area contributed by atoms with E-state index in [0.29, 0.717) is 21.5 Å². The molecule has 1 aliphatic rings. The van der Waals surface area contributed by atoms with Crippen molar-refractivity contribution in [2.24, 2.45) is 0 Å². The lowest BCUT2D eigenvalue weighted by molar-refractivity contribution is -0.127. The number of ether oxygens (including phenoxy) is 1. The Kier molecular flexibility index (Phi) is 7.33. The average molecular weight is 489 g/mol. The zero-order chi connectivity index (χ0) is 21.7. The fourth-order valence-corrected chi connectivity index (χ4v) is 3.89. The molecule has 0 saturated carbocycles. The molecule has 3 amide bonds. The van der Waals surface area contributed by atoms with Crippen LogP contribution >= 0.6 is 27.7 Å². The minimum absolute atomic E-state index is 0.0237. The maximum absolute atomic E-state index is 12.8. The monoisotopic (exact) mass is 488 g/mol. The second kappa shape index (κ2) is 9.95. The summed E-state index contributed by atoms with van der Waals surface area (Å²) in [5.74, 6) is -0.304. The van der Waals surface area contributed by atoms with Crippen LogP contribution in [0.4, 0.5) is 10.5 Å². The molecule has 30 heavy (non-hydrogen) atoms. The third-order valence-corrected chi connectivity index (χ3v) is 6.03. The highest BCUT2D eigenvalue weighted by atomic mass is 79.9. The topological polar surface area (TPSA) is 75.7 Å². The number of carbonyl (C=O) groups is 3. The Balaban J connectivity index is 1.73. The highest BCUT2D eigenvalue weighted by Crippen LogP contribution is 2.34. The predicted molar refractivity (Wildman–Crippen MR) is 122 cm³/mol. The maximum Gasteiger partial charge on any atom is 0.294 e. The first-order chi connectivity index (χ1) is 14.4. The van der Waals surface area contributed by atoms with E-state index >= 15 is 0 Å². The standard InChI is InChI=1S/C22H21BrN2O4S/c1-3-14(2)29-18-11-7-4-8-15(18)12-19-21(27)25(22(28)30-19)13-20(26)24-17-10-6-5-9-16(17)23/h4-12,14H,3,13H2,1-2H3,(H,24,26)/b19-12+/t14-/m1/s1. The maximum atomic E-state index is 12.8. The molecular formula is C22H21BrN2O4S. The Morgan fingerprint density at radius 1 is 1.20 bits per heavy atom. The largest absolute Gasteiger partial charge is 0.490 e. The van der Waals surface area contributed by atoms with E-state index in [9.17, 15) is 14.4 Å². The Morgan fingerprint density at radius 3 is 2.63 bits per heavy atom. The first-order valence-corrected chi connectivity index (χ1v) is 11.1. The summed E-state index contributed by atoms with van der Waals surface area (Å²) in [6, 6.07) is 14.5. The van der Waals surface area contributed by atoms with Crippen molar-refractivity contribution >= 4 is 56.5 Å². The number of amides is 3. The lowest BCUT2D eigenvalue weighted by Crippen LogP contribution is -2.36. The predicted octanol–water partition coefficient (Wildman–Crippen LogP) is 5.30. The van der Waals surface area contributed by atoms with Gasteiger partial charge >= 0.3 is 0 Å². The van der Waals surface area contributed by atoms with E-state index in [-0.39, 0.29) is 17.6 Å². The molecule has 0 aliphatic carbocycles. The molecule has 2 aromatic carbocycles. The number of halogens is 1. The number of thioether (sulfide) groups is 1. The second-order valence-corrected chi connectivity index (χ2v) is 8.52.